The van der Waals surface area contributed by atoms with E-state index in [0.29, 0.717) is 6.54 Å². The Balaban J connectivity index is 2.96. The number of aliphatic hydroxyl groups is 2. The molecule has 0 saturated carbocycles. The molecule has 0 aromatic heterocycles. The molecule has 5 nitrogen and oxygen atoms in total. The van der Waals surface area contributed by atoms with Gasteiger partial charge in [-0.2, -0.15) is 4.58 Å². The van der Waals surface area contributed by atoms with Gasteiger partial charge in [-0.05, 0) is 31.2 Å². The van der Waals surface area contributed by atoms with Crippen LogP contribution in [0.1, 0.15) is 12.5 Å². The van der Waals surface area contributed by atoms with Crippen molar-refractivity contribution in [2.45, 2.75) is 13.5 Å². The molecule has 3 N–H and O–H groups in total. The van der Waals surface area contributed by atoms with Gasteiger partial charge in [-0.1, -0.05) is 0 Å². The van der Waals surface area contributed by atoms with Gasteiger partial charge in [0.2, 0.25) is 5.76 Å². The number of aliphatic carboxylic acids is 1. The van der Waals surface area contributed by atoms with Gasteiger partial charge >= 0.3 is 11.9 Å². The molecule has 1 rings (SSSR count). The van der Waals surface area contributed by atoms with E-state index in [2.05, 4.69) is 0 Å². The lowest BCUT2D eigenvalue weighted by Gasteiger charge is -2.02. The zero-order valence-corrected chi connectivity index (χ0v) is 10.4. The van der Waals surface area contributed by atoms with E-state index in [1.807, 2.05) is 0 Å². The molecule has 0 aliphatic rings. The Morgan fingerprint density at radius 1 is 1.26 bits per heavy atom. The second-order valence-corrected chi connectivity index (χ2v) is 3.83. The van der Waals surface area contributed by atoms with Gasteiger partial charge in [0.15, 0.2) is 6.54 Å². The fraction of sp³-hybridized carbons (Fsp3) is 0.231. The molecule has 19 heavy (non-hydrogen) atoms. The van der Waals surface area contributed by atoms with Gasteiger partial charge in [0.25, 0.3) is 0 Å². The minimum Gasteiger partial charge on any atom is -0.502 e. The van der Waals surface area contributed by atoms with Crippen molar-refractivity contribution in [2.24, 2.45) is 0 Å². The Bertz CT molecular complexity index is 520. The third kappa shape index (κ3) is 4.42. The van der Waals surface area contributed by atoms with E-state index < -0.39 is 11.7 Å². The van der Waals surface area contributed by atoms with Crippen LogP contribution in [-0.4, -0.2) is 38.3 Å². The number of carboxylic acid groups (broad SMARTS) is 1. The van der Waals surface area contributed by atoms with Gasteiger partial charge in [-0.15, -0.1) is 0 Å². The van der Waals surface area contributed by atoms with Crippen LogP contribution in [0, 0.1) is 5.82 Å². The van der Waals surface area contributed by atoms with Crippen LogP contribution in [0.3, 0.4) is 0 Å². The molecule has 0 heterocycles. The summed E-state index contributed by atoms with van der Waals surface area (Å²) in [5.74, 6) is -3.20. The van der Waals surface area contributed by atoms with E-state index >= 15 is 0 Å². The van der Waals surface area contributed by atoms with Crippen molar-refractivity contribution in [1.82, 2.24) is 0 Å². The first-order chi connectivity index (χ1) is 8.93. The number of benzene rings is 1. The summed E-state index contributed by atoms with van der Waals surface area (Å²) in [5, 5.41) is 27.3. The zero-order chi connectivity index (χ0) is 14.4. The first-order valence-corrected chi connectivity index (χ1v) is 5.63. The van der Waals surface area contributed by atoms with Gasteiger partial charge in [0.05, 0.1) is 6.08 Å². The van der Waals surface area contributed by atoms with Gasteiger partial charge < -0.3 is 15.3 Å². The molecule has 0 aliphatic heterocycles. The van der Waals surface area contributed by atoms with Gasteiger partial charge in [-0.3, -0.25) is 0 Å². The molecule has 1 aromatic rings. The van der Waals surface area contributed by atoms with Crippen LogP contribution in [0.25, 0.3) is 0 Å². The van der Waals surface area contributed by atoms with Gasteiger partial charge in [0, 0.05) is 5.56 Å². The fourth-order valence-electron chi connectivity index (χ4n) is 1.44. The Morgan fingerprint density at radius 3 is 2.32 bits per heavy atom. The van der Waals surface area contributed by atoms with Crippen molar-refractivity contribution in [1.29, 1.82) is 0 Å². The number of carbonyl (C=O) groups is 1. The van der Waals surface area contributed by atoms with Crippen molar-refractivity contribution in [3.8, 4) is 0 Å². The van der Waals surface area contributed by atoms with E-state index in [-0.39, 0.29) is 18.3 Å². The SMILES string of the molecule is CC[N+](Cc1ccc(F)cc1)=C(O)/C=C(\O)C(=O)O. The van der Waals surface area contributed by atoms with E-state index in [0.717, 1.165) is 11.6 Å². The summed E-state index contributed by atoms with van der Waals surface area (Å²) in [6, 6.07) is 5.72. The molecule has 0 unspecified atom stereocenters. The maximum Gasteiger partial charge on any atom is 0.371 e. The largest absolute Gasteiger partial charge is 0.502 e. The Labute approximate surface area is 109 Å². The van der Waals surface area contributed by atoms with Gasteiger partial charge in [0.1, 0.15) is 12.4 Å². The predicted octanol–water partition coefficient (Wildman–Crippen LogP) is 1.84. The third-order valence-corrected chi connectivity index (χ3v) is 2.48. The number of aliphatic hydroxyl groups excluding tert-OH is 2. The smallest absolute Gasteiger partial charge is 0.371 e. The molecule has 0 aliphatic carbocycles. The fourth-order valence-corrected chi connectivity index (χ4v) is 1.44. The third-order valence-electron chi connectivity index (χ3n) is 2.48. The molecule has 102 valence electrons. The highest BCUT2D eigenvalue weighted by atomic mass is 19.1. The Hall–Kier alpha value is -2.37. The lowest BCUT2D eigenvalue weighted by Crippen LogP contribution is -2.20. The molecule has 1 aromatic carbocycles. The number of rotatable bonds is 5. The summed E-state index contributed by atoms with van der Waals surface area (Å²) in [4.78, 5) is 10.4. The Morgan fingerprint density at radius 2 is 1.84 bits per heavy atom. The van der Waals surface area contributed by atoms with Crippen LogP contribution in [0.2, 0.25) is 0 Å². The summed E-state index contributed by atoms with van der Waals surface area (Å²) >= 11 is 0. The molecule has 6 heteroatoms. The summed E-state index contributed by atoms with van der Waals surface area (Å²) in [5.41, 5.74) is 0.748. The van der Waals surface area contributed by atoms with Crippen LogP contribution in [-0.2, 0) is 11.3 Å². The lowest BCUT2D eigenvalue weighted by molar-refractivity contribution is -0.547. The first-order valence-electron chi connectivity index (χ1n) is 5.63. The number of carboxylic acids is 1. The molecule has 0 radical (unpaired) electrons. The molecule has 0 atom stereocenters. The zero-order valence-electron chi connectivity index (χ0n) is 10.4. The second-order valence-electron chi connectivity index (χ2n) is 3.83. The minimum absolute atomic E-state index is 0.270. The van der Waals surface area contributed by atoms with E-state index in [1.54, 1.807) is 19.1 Å². The summed E-state index contributed by atoms with van der Waals surface area (Å²) < 4.78 is 14.2. The summed E-state index contributed by atoms with van der Waals surface area (Å²) in [6.07, 6.45) is 0.759. The number of nitrogens with zero attached hydrogens (tertiary/aromatic N) is 1. The molecule has 0 amide bonds. The first kappa shape index (κ1) is 14.7. The number of halogens is 1. The minimum atomic E-state index is -1.52. The van der Waals surface area contributed by atoms with Crippen molar-refractivity contribution in [3.63, 3.8) is 0 Å². The highest BCUT2D eigenvalue weighted by Gasteiger charge is 2.14. The topological polar surface area (TPSA) is 80.8 Å². The maximum absolute atomic E-state index is 12.7. The summed E-state index contributed by atoms with van der Waals surface area (Å²) in [7, 11) is 0. The average molecular weight is 268 g/mol. The van der Waals surface area contributed by atoms with Gasteiger partial charge in [-0.25, -0.2) is 9.18 Å². The Kier molecular flexibility index (Phi) is 5.05. The van der Waals surface area contributed by atoms with Crippen LogP contribution in [0.4, 0.5) is 4.39 Å². The van der Waals surface area contributed by atoms with Crippen LogP contribution in [0.15, 0.2) is 36.1 Å². The van der Waals surface area contributed by atoms with Crippen LogP contribution >= 0.6 is 0 Å². The van der Waals surface area contributed by atoms with E-state index in [4.69, 9.17) is 10.2 Å². The highest BCUT2D eigenvalue weighted by molar-refractivity contribution is 5.92. The van der Waals surface area contributed by atoms with Crippen molar-refractivity contribution in [2.75, 3.05) is 6.54 Å². The molecular formula is C13H15FNO4+. The molecule has 0 fully saturated rings. The normalized spacial score (nSPS) is 13.1. The average Bonchev–Trinajstić information content (AvgIpc) is 2.37. The molecule has 0 spiro atoms. The van der Waals surface area contributed by atoms with Crippen LogP contribution in [0.5, 0.6) is 0 Å². The quantitative estimate of drug-likeness (QED) is 0.250. The molecule has 0 bridgehead atoms. The maximum atomic E-state index is 12.7. The van der Waals surface area contributed by atoms with Crippen molar-refractivity contribution in [3.05, 3.63) is 47.5 Å². The lowest BCUT2D eigenvalue weighted by atomic mass is 10.2. The predicted molar refractivity (Wildman–Crippen MR) is 66.9 cm³/mol. The number of hydrogen-bond acceptors (Lipinski definition) is 2. The monoisotopic (exact) mass is 268 g/mol. The summed E-state index contributed by atoms with van der Waals surface area (Å²) in [6.45, 7) is 2.42. The standard InChI is InChI=1S/C13H14FNO4/c1-2-15(12(17)7-11(16)13(18)19)8-9-3-5-10(14)6-4-9/h3-7H,2,8H2,1H3,(H2,16,17,18,19)/p+1. The second kappa shape index (κ2) is 6.53. The molecular weight excluding hydrogens is 253 g/mol. The van der Waals surface area contributed by atoms with Crippen LogP contribution < -0.4 is 0 Å². The highest BCUT2D eigenvalue weighted by Crippen LogP contribution is 2.04. The van der Waals surface area contributed by atoms with Crippen molar-refractivity contribution >= 4 is 11.9 Å². The number of hydrogen-bond donors (Lipinski definition) is 3. The van der Waals surface area contributed by atoms with E-state index in [1.165, 1.54) is 16.7 Å². The van der Waals surface area contributed by atoms with Crippen molar-refractivity contribution < 1.29 is 29.1 Å². The van der Waals surface area contributed by atoms with E-state index in [9.17, 15) is 14.3 Å². The molecule has 0 saturated heterocycles.